The lowest BCUT2D eigenvalue weighted by Crippen LogP contribution is -2.44. The fraction of sp³-hybridized carbons (Fsp3) is 0.600. The monoisotopic (exact) mass is 488 g/mol. The van der Waals surface area contributed by atoms with Crippen molar-refractivity contribution in [2.24, 2.45) is 5.92 Å². The van der Waals surface area contributed by atoms with Gasteiger partial charge < -0.3 is 19.7 Å². The van der Waals surface area contributed by atoms with E-state index in [0.717, 1.165) is 13.2 Å². The number of piperidine rings is 1. The second kappa shape index (κ2) is 7.96. The highest BCUT2D eigenvalue weighted by atomic mass is 32.5. The first-order chi connectivity index (χ1) is 14.3. The number of halogens is 5. The van der Waals surface area contributed by atoms with Crippen LogP contribution in [0.25, 0.3) is 0 Å². The van der Waals surface area contributed by atoms with E-state index >= 15 is 0 Å². The smallest absolute Gasteiger partial charge is 0.410 e. The summed E-state index contributed by atoms with van der Waals surface area (Å²) >= 11 is 0. The first kappa shape index (κ1) is 26.0. The molecule has 0 spiro atoms. The fourth-order valence-electron chi connectivity index (χ4n) is 3.43. The summed E-state index contributed by atoms with van der Waals surface area (Å²) in [7, 11) is -9.07. The van der Waals surface area contributed by atoms with Crippen LogP contribution in [0.1, 0.15) is 50.9 Å². The zero-order chi connectivity index (χ0) is 24.6. The van der Waals surface area contributed by atoms with Crippen LogP contribution in [-0.2, 0) is 9.47 Å². The molecule has 1 aliphatic heterocycles. The predicted molar refractivity (Wildman–Crippen MR) is 113 cm³/mol. The van der Waals surface area contributed by atoms with Gasteiger partial charge in [-0.25, -0.2) is 9.59 Å². The summed E-state index contributed by atoms with van der Waals surface area (Å²) in [6.45, 7) is 7.76. The van der Waals surface area contributed by atoms with Gasteiger partial charge in [-0.15, -0.1) is 0 Å². The lowest BCUT2D eigenvalue weighted by molar-refractivity contribution is 0.0178. The molecule has 1 atom stereocenters. The third-order valence-electron chi connectivity index (χ3n) is 5.07. The normalized spacial score (nSPS) is 18.9. The third kappa shape index (κ3) is 7.14. The summed E-state index contributed by atoms with van der Waals surface area (Å²) in [5.41, 5.74) is -1.53. The molecule has 0 bridgehead atoms. The highest BCUT2D eigenvalue weighted by Gasteiger charge is 2.65. The van der Waals surface area contributed by atoms with E-state index in [1.165, 1.54) is 0 Å². The number of methoxy groups -OCH3 is 1. The maximum Gasteiger partial charge on any atom is 0.410 e. The van der Waals surface area contributed by atoms with E-state index in [2.05, 4.69) is 10.1 Å². The summed E-state index contributed by atoms with van der Waals surface area (Å²) in [5, 5.41) is 2.80. The molecule has 1 amide bonds. The zero-order valence-electron chi connectivity index (χ0n) is 18.6. The number of anilines is 1. The maximum atomic E-state index is 13.4. The van der Waals surface area contributed by atoms with Gasteiger partial charge >= 0.3 is 22.3 Å². The number of hydrogen-bond donors (Lipinski definition) is 1. The number of benzene rings is 1. The van der Waals surface area contributed by atoms with Crippen LogP contribution in [0.2, 0.25) is 0 Å². The number of carbonyl (C=O) groups excluding carboxylic acids is 2. The Morgan fingerprint density at radius 1 is 1.09 bits per heavy atom. The first-order valence-electron chi connectivity index (χ1n) is 10.0. The van der Waals surface area contributed by atoms with E-state index in [-0.39, 0.29) is 17.7 Å². The second-order valence-corrected chi connectivity index (χ2v) is 11.4. The van der Waals surface area contributed by atoms with Crippen LogP contribution in [0.5, 0.6) is 0 Å². The van der Waals surface area contributed by atoms with Gasteiger partial charge in [0.2, 0.25) is 0 Å². The average molecular weight is 489 g/mol. The van der Waals surface area contributed by atoms with E-state index in [1.54, 1.807) is 32.6 Å². The molecule has 32 heavy (non-hydrogen) atoms. The van der Waals surface area contributed by atoms with Crippen LogP contribution >= 0.6 is 10.2 Å². The Labute approximate surface area is 184 Å². The van der Waals surface area contributed by atoms with E-state index in [0.29, 0.717) is 32.0 Å². The molecule has 1 aromatic carbocycles. The van der Waals surface area contributed by atoms with Gasteiger partial charge in [-0.05, 0) is 64.7 Å². The van der Waals surface area contributed by atoms with Crippen LogP contribution in [0, 0.1) is 5.92 Å². The van der Waals surface area contributed by atoms with Crippen molar-refractivity contribution in [2.75, 3.05) is 25.5 Å². The van der Waals surface area contributed by atoms with Crippen LogP contribution < -0.4 is 5.32 Å². The summed E-state index contributed by atoms with van der Waals surface area (Å²) in [4.78, 5) is 23.3. The predicted octanol–water partition coefficient (Wildman–Crippen LogP) is 6.58. The molecule has 1 aliphatic rings. The largest absolute Gasteiger partial charge is 0.465 e. The lowest BCUT2D eigenvalue weighted by Gasteiger charge is -2.41. The number of nitrogens with zero attached hydrogens (tertiary/aromatic N) is 1. The van der Waals surface area contributed by atoms with Crippen molar-refractivity contribution < 1.29 is 38.5 Å². The van der Waals surface area contributed by atoms with Gasteiger partial charge in [-0.1, -0.05) is 19.4 Å². The molecule has 6 nitrogen and oxygen atoms in total. The lowest BCUT2D eigenvalue weighted by atomic mass is 9.90. The molecule has 12 heteroatoms. The van der Waals surface area contributed by atoms with Crippen LogP contribution in [-0.4, -0.2) is 48.8 Å². The topological polar surface area (TPSA) is 67.9 Å². The molecular formula is C20H29F5N2O4S. The van der Waals surface area contributed by atoms with Crippen LogP contribution in [0.15, 0.2) is 23.1 Å². The number of nitrogens with one attached hydrogen (secondary N) is 1. The van der Waals surface area contributed by atoms with E-state index in [1.807, 2.05) is 0 Å². The Morgan fingerprint density at radius 3 is 2.12 bits per heavy atom. The summed E-state index contributed by atoms with van der Waals surface area (Å²) in [6.07, 6.45) is 0.639. The van der Waals surface area contributed by atoms with Gasteiger partial charge in [0.05, 0.1) is 12.7 Å². The highest BCUT2D eigenvalue weighted by Crippen LogP contribution is 3.02. The summed E-state index contributed by atoms with van der Waals surface area (Å²) < 4.78 is 76.6. The number of carbonyl (C=O) groups is 2. The quantitative estimate of drug-likeness (QED) is 0.375. The van der Waals surface area contributed by atoms with Gasteiger partial charge in [0, 0.05) is 24.8 Å². The molecule has 0 radical (unpaired) electrons. The van der Waals surface area contributed by atoms with Crippen molar-refractivity contribution >= 4 is 28.0 Å². The molecule has 0 saturated carbocycles. The van der Waals surface area contributed by atoms with E-state index < -0.39 is 44.4 Å². The van der Waals surface area contributed by atoms with Crippen LogP contribution in [0.3, 0.4) is 0 Å². The van der Waals surface area contributed by atoms with Crippen molar-refractivity contribution in [3.8, 4) is 0 Å². The Kier molecular flexibility index (Phi) is 6.47. The second-order valence-electron chi connectivity index (χ2n) is 8.94. The number of amides is 1. The zero-order valence-corrected chi connectivity index (χ0v) is 19.4. The molecule has 1 aromatic rings. The highest BCUT2D eigenvalue weighted by molar-refractivity contribution is 8.45. The van der Waals surface area contributed by atoms with E-state index in [4.69, 9.17) is 4.74 Å². The SMILES string of the molecule is COC(=O)c1cc(N[C@@H](C)C2CCN(C(=O)OC(C)(C)C)CC2)cc(S(F)(F)(F)(F)F)c1. The number of likely N-dealkylation sites (tertiary alicyclic amines) is 1. The van der Waals surface area contributed by atoms with Crippen molar-refractivity contribution in [2.45, 2.75) is 57.1 Å². The molecule has 1 saturated heterocycles. The van der Waals surface area contributed by atoms with Crippen LogP contribution in [0.4, 0.5) is 29.9 Å². The first-order valence-corrected chi connectivity index (χ1v) is 12.0. The Morgan fingerprint density at radius 2 is 1.66 bits per heavy atom. The minimum absolute atomic E-state index is 0.0427. The number of rotatable bonds is 5. The fourth-order valence-corrected chi connectivity index (χ4v) is 4.13. The molecule has 0 aliphatic carbocycles. The van der Waals surface area contributed by atoms with Gasteiger partial charge in [0.25, 0.3) is 0 Å². The molecule has 1 heterocycles. The van der Waals surface area contributed by atoms with E-state index in [9.17, 15) is 29.0 Å². The average Bonchev–Trinajstić information content (AvgIpc) is 2.64. The van der Waals surface area contributed by atoms with Crippen molar-refractivity contribution in [3.05, 3.63) is 23.8 Å². The Hall–Kier alpha value is -2.24. The maximum absolute atomic E-state index is 13.4. The van der Waals surface area contributed by atoms with Gasteiger partial charge in [-0.2, -0.15) is 0 Å². The Balaban J connectivity index is 2.16. The summed E-state index contributed by atoms with van der Waals surface area (Å²) in [5.74, 6) is -1.20. The third-order valence-corrected chi connectivity index (χ3v) is 6.19. The minimum Gasteiger partial charge on any atom is -0.465 e. The minimum atomic E-state index is -10.0. The van der Waals surface area contributed by atoms with Gasteiger partial charge in [-0.3, -0.25) is 0 Å². The number of esters is 1. The molecule has 1 fully saturated rings. The Bertz CT molecular complexity index is 879. The standard InChI is InChI=1S/C20H29F5N2O4S/c1-13(14-6-8-27(9-7-14)19(29)31-20(2,3)4)26-16-10-15(18(28)30-5)11-17(12-16)32(21,22,23,24)25/h10-14,26H,6-9H2,1-5H3/t13-/m0/s1. The molecule has 2 rings (SSSR count). The van der Waals surface area contributed by atoms with Crippen molar-refractivity contribution in [1.82, 2.24) is 4.90 Å². The van der Waals surface area contributed by atoms with Gasteiger partial charge in [0.1, 0.15) is 10.5 Å². The molecule has 1 N–H and O–H groups in total. The van der Waals surface area contributed by atoms with Crippen molar-refractivity contribution in [1.29, 1.82) is 0 Å². The molecule has 0 unspecified atom stereocenters. The van der Waals surface area contributed by atoms with Crippen molar-refractivity contribution in [3.63, 3.8) is 0 Å². The summed E-state index contributed by atoms with van der Waals surface area (Å²) in [6, 6.07) is 1.05. The van der Waals surface area contributed by atoms with Gasteiger partial charge in [0.15, 0.2) is 0 Å². The molecule has 0 aromatic heterocycles. The number of hydrogen-bond acceptors (Lipinski definition) is 5. The molecule has 184 valence electrons. The molecular weight excluding hydrogens is 459 g/mol. The number of ether oxygens (including phenoxy) is 2.